The average Bonchev–Trinajstić information content (AvgIpc) is 2.72. The van der Waals surface area contributed by atoms with Crippen LogP contribution in [0.15, 0.2) is 30.6 Å². The molecule has 90 valence electrons. The van der Waals surface area contributed by atoms with E-state index in [2.05, 4.69) is 4.98 Å². The summed E-state index contributed by atoms with van der Waals surface area (Å²) < 4.78 is 1.43. The highest BCUT2D eigenvalue weighted by Crippen LogP contribution is 2.25. The molecule has 0 saturated heterocycles. The standard InChI is InChI=1S/C9H10N4O3S/c10-12-9(16,8(14)15)17-13-5-11-6-3-1-2-4-7(6)13/h1-5,12,16H,10H2,(H,14,15). The molecular weight excluding hydrogens is 244 g/mol. The SMILES string of the molecule is NNC(O)(Sn1cnc2ccccc21)C(=O)O. The quantitative estimate of drug-likeness (QED) is 0.337. The molecule has 0 spiro atoms. The first-order valence-corrected chi connectivity index (χ1v) is 5.39. The number of nitrogens with zero attached hydrogens (tertiary/aromatic N) is 2. The Morgan fingerprint density at radius 2 is 2.24 bits per heavy atom. The number of fused-ring (bicyclic) bond motifs is 1. The molecule has 0 bridgehead atoms. The summed E-state index contributed by atoms with van der Waals surface area (Å²) in [6, 6.07) is 7.14. The number of hydrogen-bond acceptors (Lipinski definition) is 6. The van der Waals surface area contributed by atoms with E-state index >= 15 is 0 Å². The lowest BCUT2D eigenvalue weighted by Gasteiger charge is -2.21. The number of aromatic nitrogens is 2. The predicted octanol–water partition coefficient (Wildman–Crippen LogP) is -0.273. The van der Waals surface area contributed by atoms with Crippen LogP contribution < -0.4 is 11.3 Å². The van der Waals surface area contributed by atoms with Crippen LogP contribution in [-0.4, -0.2) is 30.2 Å². The van der Waals surface area contributed by atoms with Crippen molar-refractivity contribution in [3.8, 4) is 0 Å². The summed E-state index contributed by atoms with van der Waals surface area (Å²) in [5.74, 6) is 3.55. The first-order valence-electron chi connectivity index (χ1n) is 4.62. The second-order valence-corrected chi connectivity index (χ2v) is 4.41. The van der Waals surface area contributed by atoms with Crippen molar-refractivity contribution in [3.63, 3.8) is 0 Å². The molecule has 0 saturated carbocycles. The predicted molar refractivity (Wildman–Crippen MR) is 62.6 cm³/mol. The second kappa shape index (κ2) is 4.34. The van der Waals surface area contributed by atoms with Crippen LogP contribution in [-0.2, 0) is 4.79 Å². The Balaban J connectivity index is 2.38. The van der Waals surface area contributed by atoms with Gasteiger partial charge in [0.1, 0.15) is 6.33 Å². The summed E-state index contributed by atoms with van der Waals surface area (Å²) in [6.07, 6.45) is 1.42. The molecule has 1 aromatic carbocycles. The van der Waals surface area contributed by atoms with Gasteiger partial charge in [-0.15, -0.1) is 0 Å². The van der Waals surface area contributed by atoms with Crippen LogP contribution in [0, 0.1) is 0 Å². The Bertz CT molecular complexity index is 558. The number of carboxylic acid groups (broad SMARTS) is 1. The van der Waals surface area contributed by atoms with Gasteiger partial charge in [0.2, 0.25) is 0 Å². The maximum absolute atomic E-state index is 10.9. The number of carboxylic acids is 1. The molecule has 2 rings (SSSR count). The fourth-order valence-corrected chi connectivity index (χ4v) is 2.04. The number of benzene rings is 1. The second-order valence-electron chi connectivity index (χ2n) is 3.24. The number of nitrogens with two attached hydrogens (primary N) is 1. The molecule has 1 unspecified atom stereocenters. The van der Waals surface area contributed by atoms with Gasteiger partial charge >= 0.3 is 5.97 Å². The van der Waals surface area contributed by atoms with Gasteiger partial charge in [0.15, 0.2) is 0 Å². The fraction of sp³-hybridized carbons (Fsp3) is 0.111. The zero-order valence-electron chi connectivity index (χ0n) is 8.57. The van der Waals surface area contributed by atoms with Crippen molar-refractivity contribution in [1.29, 1.82) is 0 Å². The highest BCUT2D eigenvalue weighted by molar-refractivity contribution is 7.99. The summed E-state index contributed by atoms with van der Waals surface area (Å²) in [5, 5.41) is 16.3. The molecule has 5 N–H and O–H groups in total. The van der Waals surface area contributed by atoms with Crippen molar-refractivity contribution in [2.75, 3.05) is 0 Å². The zero-order valence-corrected chi connectivity index (χ0v) is 9.39. The first kappa shape index (κ1) is 11.9. The van der Waals surface area contributed by atoms with Crippen molar-refractivity contribution in [2.24, 2.45) is 5.84 Å². The van der Waals surface area contributed by atoms with Crippen LogP contribution in [0.4, 0.5) is 0 Å². The Morgan fingerprint density at radius 3 is 2.88 bits per heavy atom. The van der Waals surface area contributed by atoms with Crippen molar-refractivity contribution in [3.05, 3.63) is 30.6 Å². The number of para-hydroxylation sites is 2. The van der Waals surface area contributed by atoms with Gasteiger partial charge in [-0.05, 0) is 12.1 Å². The maximum Gasteiger partial charge on any atom is 0.365 e. The molecule has 1 atom stereocenters. The molecule has 8 heteroatoms. The molecule has 17 heavy (non-hydrogen) atoms. The summed E-state index contributed by atoms with van der Waals surface area (Å²) in [4.78, 5) is 14.9. The minimum absolute atomic E-state index is 0.609. The van der Waals surface area contributed by atoms with E-state index in [0.29, 0.717) is 23.0 Å². The summed E-state index contributed by atoms with van der Waals surface area (Å²) in [5.41, 5.74) is 3.24. The van der Waals surface area contributed by atoms with Crippen molar-refractivity contribution in [2.45, 2.75) is 5.06 Å². The largest absolute Gasteiger partial charge is 0.477 e. The smallest absolute Gasteiger partial charge is 0.365 e. The van der Waals surface area contributed by atoms with E-state index in [9.17, 15) is 9.90 Å². The summed E-state index contributed by atoms with van der Waals surface area (Å²) in [7, 11) is 0. The lowest BCUT2D eigenvalue weighted by atomic mass is 10.3. The highest BCUT2D eigenvalue weighted by atomic mass is 32.2. The topological polar surface area (TPSA) is 113 Å². The third-order valence-electron chi connectivity index (χ3n) is 2.14. The van der Waals surface area contributed by atoms with E-state index in [1.807, 2.05) is 11.5 Å². The van der Waals surface area contributed by atoms with Crippen molar-refractivity contribution in [1.82, 2.24) is 14.4 Å². The molecule has 1 aromatic heterocycles. The summed E-state index contributed by atoms with van der Waals surface area (Å²) in [6.45, 7) is 0. The van der Waals surface area contributed by atoms with Gasteiger partial charge in [0, 0.05) is 11.9 Å². The van der Waals surface area contributed by atoms with Gasteiger partial charge < -0.3 is 10.2 Å². The van der Waals surface area contributed by atoms with Crippen LogP contribution in [0.3, 0.4) is 0 Å². The Morgan fingerprint density at radius 1 is 1.53 bits per heavy atom. The minimum atomic E-state index is -2.30. The molecule has 0 aliphatic rings. The number of rotatable bonds is 4. The molecule has 0 amide bonds. The van der Waals surface area contributed by atoms with E-state index in [-0.39, 0.29) is 0 Å². The van der Waals surface area contributed by atoms with E-state index < -0.39 is 11.0 Å². The number of aliphatic carboxylic acids is 1. The minimum Gasteiger partial charge on any atom is -0.477 e. The number of aliphatic hydroxyl groups is 1. The highest BCUT2D eigenvalue weighted by Gasteiger charge is 2.37. The fourth-order valence-electron chi connectivity index (χ4n) is 1.28. The van der Waals surface area contributed by atoms with Crippen molar-refractivity contribution >= 4 is 29.0 Å². The van der Waals surface area contributed by atoms with Gasteiger partial charge in [-0.3, -0.25) is 9.82 Å². The van der Waals surface area contributed by atoms with E-state index in [1.165, 1.54) is 10.3 Å². The lowest BCUT2D eigenvalue weighted by molar-refractivity contribution is -0.151. The number of hydrazine groups is 1. The Hall–Kier alpha value is -1.61. The molecule has 1 heterocycles. The Labute approximate surface area is 100 Å². The van der Waals surface area contributed by atoms with Gasteiger partial charge in [-0.25, -0.2) is 15.2 Å². The monoisotopic (exact) mass is 254 g/mol. The lowest BCUT2D eigenvalue weighted by Crippen LogP contribution is -2.53. The third kappa shape index (κ3) is 2.11. The summed E-state index contributed by atoms with van der Waals surface area (Å²) >= 11 is 0.609. The molecule has 0 aliphatic heterocycles. The molecular formula is C9H10N4O3S. The van der Waals surface area contributed by atoms with E-state index in [0.717, 1.165) is 0 Å². The number of hydrogen-bond donors (Lipinski definition) is 4. The van der Waals surface area contributed by atoms with Crippen LogP contribution >= 0.6 is 11.9 Å². The molecule has 7 nitrogen and oxygen atoms in total. The van der Waals surface area contributed by atoms with Gasteiger partial charge in [-0.2, -0.15) is 0 Å². The Kier molecular flexibility index (Phi) is 3.03. The van der Waals surface area contributed by atoms with Crippen LogP contribution in [0.2, 0.25) is 0 Å². The van der Waals surface area contributed by atoms with Crippen LogP contribution in [0.25, 0.3) is 11.0 Å². The molecule has 0 aliphatic carbocycles. The van der Waals surface area contributed by atoms with Crippen molar-refractivity contribution < 1.29 is 15.0 Å². The van der Waals surface area contributed by atoms with Gasteiger partial charge in [-0.1, -0.05) is 12.1 Å². The number of imidazole rings is 1. The molecule has 0 radical (unpaired) electrons. The third-order valence-corrected chi connectivity index (χ3v) is 3.18. The van der Waals surface area contributed by atoms with Crippen LogP contribution in [0.1, 0.15) is 0 Å². The number of carbonyl (C=O) groups is 1. The zero-order chi connectivity index (χ0) is 12.5. The molecule has 2 aromatic rings. The van der Waals surface area contributed by atoms with E-state index in [4.69, 9.17) is 10.9 Å². The van der Waals surface area contributed by atoms with Crippen LogP contribution in [0.5, 0.6) is 0 Å². The maximum atomic E-state index is 10.9. The average molecular weight is 254 g/mol. The van der Waals surface area contributed by atoms with Gasteiger partial charge in [0.05, 0.1) is 11.0 Å². The van der Waals surface area contributed by atoms with Gasteiger partial charge in [0.25, 0.3) is 5.06 Å². The van der Waals surface area contributed by atoms with E-state index in [1.54, 1.807) is 18.2 Å². The number of nitrogens with one attached hydrogen (secondary N) is 1. The molecule has 0 fully saturated rings. The normalized spacial score (nSPS) is 14.7. The first-order chi connectivity index (χ1) is 8.07.